The van der Waals surface area contributed by atoms with Gasteiger partial charge in [-0.15, -0.1) is 0 Å². The number of carbonyl (C=O) groups is 2. The Labute approximate surface area is 224 Å². The minimum atomic E-state index is -0.394. The lowest BCUT2D eigenvalue weighted by molar-refractivity contribution is -0.117. The second kappa shape index (κ2) is 12.4. The van der Waals surface area contributed by atoms with Crippen LogP contribution in [0.4, 0.5) is 5.82 Å². The van der Waals surface area contributed by atoms with Gasteiger partial charge in [-0.2, -0.15) is 0 Å². The predicted molar refractivity (Wildman–Crippen MR) is 143 cm³/mol. The van der Waals surface area contributed by atoms with Crippen molar-refractivity contribution in [2.45, 2.75) is 26.8 Å². The number of aliphatic hydroxyl groups is 1. The molecule has 0 fully saturated rings. The fourth-order valence-electron chi connectivity index (χ4n) is 3.61. The standard InChI is InChI=1S/C27H28N4O6S/c1-16(26(33)30-15-18-14-29-17(2)31-25(18)28)24(9-10-32)38-27(34)20-5-3-4-6-21(20)37-19-7-8-22-23(13-19)36-12-11-35-22/h3-8,13-14,32H,9-12,15H2,1-2H3,(H,30,33)(H2,28,29,31)/b24-16-. The summed E-state index contributed by atoms with van der Waals surface area (Å²) >= 11 is 0.879. The van der Waals surface area contributed by atoms with E-state index in [1.807, 2.05) is 0 Å². The lowest BCUT2D eigenvalue weighted by atomic mass is 10.2. The summed E-state index contributed by atoms with van der Waals surface area (Å²) in [5.41, 5.74) is 7.12. The van der Waals surface area contributed by atoms with Gasteiger partial charge in [0.25, 0.3) is 0 Å². The van der Waals surface area contributed by atoms with Gasteiger partial charge in [0.15, 0.2) is 11.5 Å². The Morgan fingerprint density at radius 1 is 1.16 bits per heavy atom. The molecule has 0 unspecified atom stereocenters. The van der Waals surface area contributed by atoms with Gasteiger partial charge in [-0.3, -0.25) is 9.59 Å². The zero-order valence-electron chi connectivity index (χ0n) is 21.0. The van der Waals surface area contributed by atoms with E-state index >= 15 is 0 Å². The minimum Gasteiger partial charge on any atom is -0.486 e. The number of para-hydroxylation sites is 1. The number of aliphatic hydroxyl groups excluding tert-OH is 1. The van der Waals surface area contributed by atoms with Crippen molar-refractivity contribution in [3.8, 4) is 23.0 Å². The fourth-order valence-corrected chi connectivity index (χ4v) is 4.55. The van der Waals surface area contributed by atoms with E-state index in [4.69, 9.17) is 19.9 Å². The average Bonchev–Trinajstić information content (AvgIpc) is 2.92. The summed E-state index contributed by atoms with van der Waals surface area (Å²) < 4.78 is 17.2. The average molecular weight is 537 g/mol. The Balaban J connectivity index is 1.49. The van der Waals surface area contributed by atoms with E-state index in [1.54, 1.807) is 62.5 Å². The van der Waals surface area contributed by atoms with Crippen LogP contribution in [0.2, 0.25) is 0 Å². The van der Waals surface area contributed by atoms with Gasteiger partial charge in [-0.05, 0) is 38.1 Å². The Hall–Kier alpha value is -4.09. The second-order valence-electron chi connectivity index (χ2n) is 8.33. The summed E-state index contributed by atoms with van der Waals surface area (Å²) in [6.07, 6.45) is 1.69. The summed E-state index contributed by atoms with van der Waals surface area (Å²) in [4.78, 5) is 34.8. The molecule has 10 nitrogen and oxygen atoms in total. The number of nitrogens with one attached hydrogen (secondary N) is 1. The van der Waals surface area contributed by atoms with Gasteiger partial charge in [0.05, 0.1) is 5.56 Å². The van der Waals surface area contributed by atoms with Crippen LogP contribution in [0.5, 0.6) is 23.0 Å². The van der Waals surface area contributed by atoms with Crippen LogP contribution in [0.3, 0.4) is 0 Å². The number of hydrogen-bond acceptors (Lipinski definition) is 10. The number of aromatic nitrogens is 2. The van der Waals surface area contributed by atoms with Gasteiger partial charge in [-0.25, -0.2) is 9.97 Å². The summed E-state index contributed by atoms with van der Waals surface area (Å²) in [5, 5.41) is 12.0. The third-order valence-electron chi connectivity index (χ3n) is 5.62. The molecule has 0 atom stereocenters. The van der Waals surface area contributed by atoms with Crippen molar-refractivity contribution in [2.24, 2.45) is 0 Å². The monoisotopic (exact) mass is 536 g/mol. The van der Waals surface area contributed by atoms with Gasteiger partial charge in [-0.1, -0.05) is 23.9 Å². The van der Waals surface area contributed by atoms with Crippen LogP contribution in [0, 0.1) is 6.92 Å². The van der Waals surface area contributed by atoms with E-state index in [1.165, 1.54) is 0 Å². The number of nitrogen functional groups attached to an aromatic ring is 1. The van der Waals surface area contributed by atoms with E-state index in [2.05, 4.69) is 15.3 Å². The van der Waals surface area contributed by atoms with Crippen LogP contribution < -0.4 is 25.3 Å². The summed E-state index contributed by atoms with van der Waals surface area (Å²) in [5.74, 6) is 2.47. The second-order valence-corrected chi connectivity index (χ2v) is 9.39. The molecule has 0 radical (unpaired) electrons. The number of carbonyl (C=O) groups excluding carboxylic acids is 2. The molecule has 3 aromatic rings. The van der Waals surface area contributed by atoms with E-state index in [-0.39, 0.29) is 30.5 Å². The first-order valence-electron chi connectivity index (χ1n) is 11.9. The van der Waals surface area contributed by atoms with E-state index in [9.17, 15) is 14.7 Å². The molecule has 0 spiro atoms. The molecule has 38 heavy (non-hydrogen) atoms. The van der Waals surface area contributed by atoms with E-state index < -0.39 is 5.91 Å². The molecule has 0 bridgehead atoms. The topological polar surface area (TPSA) is 146 Å². The third kappa shape index (κ3) is 6.61. The molecule has 4 N–H and O–H groups in total. The van der Waals surface area contributed by atoms with Crippen LogP contribution in [0.1, 0.15) is 35.1 Å². The van der Waals surface area contributed by atoms with E-state index in [0.29, 0.717) is 63.6 Å². The van der Waals surface area contributed by atoms with Crippen LogP contribution in [-0.2, 0) is 11.3 Å². The number of aryl methyl sites for hydroxylation is 1. The molecule has 0 saturated heterocycles. The SMILES string of the molecule is C/C(C(=O)NCc1cnc(C)nc1N)=C(\CCO)SC(=O)c1ccccc1Oc1ccc2c(c1)OCCO2. The molecule has 198 valence electrons. The van der Waals surface area contributed by atoms with Crippen LogP contribution in [0.15, 0.2) is 59.1 Å². The maximum atomic E-state index is 13.3. The largest absolute Gasteiger partial charge is 0.486 e. The molecule has 0 saturated carbocycles. The van der Waals surface area contributed by atoms with Crippen LogP contribution in [0.25, 0.3) is 0 Å². The number of rotatable bonds is 9. The first-order chi connectivity index (χ1) is 18.4. The number of amides is 1. The number of ether oxygens (including phenoxy) is 3. The predicted octanol–water partition coefficient (Wildman–Crippen LogP) is 3.78. The molecule has 1 aliphatic rings. The number of fused-ring (bicyclic) bond motifs is 1. The van der Waals surface area contributed by atoms with Gasteiger partial charge < -0.3 is 30.4 Å². The molecule has 4 rings (SSSR count). The zero-order chi connectivity index (χ0) is 27.1. The van der Waals surface area contributed by atoms with Gasteiger partial charge in [0.2, 0.25) is 11.0 Å². The number of anilines is 1. The Bertz CT molecular complexity index is 1380. The molecule has 2 heterocycles. The third-order valence-corrected chi connectivity index (χ3v) is 6.78. The highest BCUT2D eigenvalue weighted by molar-refractivity contribution is 8.17. The van der Waals surface area contributed by atoms with Gasteiger partial charge in [0.1, 0.15) is 36.4 Å². The zero-order valence-corrected chi connectivity index (χ0v) is 21.8. The molecular weight excluding hydrogens is 508 g/mol. The number of nitrogens with zero attached hydrogens (tertiary/aromatic N) is 2. The Kier molecular flexibility index (Phi) is 8.82. The van der Waals surface area contributed by atoms with Crippen molar-refractivity contribution in [2.75, 3.05) is 25.6 Å². The first kappa shape index (κ1) is 27.0. The number of nitrogens with two attached hydrogens (primary N) is 1. The van der Waals surface area contributed by atoms with Crippen molar-refractivity contribution in [1.82, 2.24) is 15.3 Å². The molecule has 2 aromatic carbocycles. The summed E-state index contributed by atoms with van der Waals surface area (Å²) in [7, 11) is 0. The van der Waals surface area contributed by atoms with Crippen molar-refractivity contribution in [1.29, 1.82) is 0 Å². The molecule has 0 aliphatic carbocycles. The molecule has 1 amide bonds. The molecule has 1 aliphatic heterocycles. The maximum absolute atomic E-state index is 13.3. The van der Waals surface area contributed by atoms with Crippen LogP contribution in [-0.4, -0.2) is 45.9 Å². The summed E-state index contributed by atoms with van der Waals surface area (Å²) in [6, 6.07) is 12.0. The maximum Gasteiger partial charge on any atom is 0.247 e. The van der Waals surface area contributed by atoms with Crippen molar-refractivity contribution < 1.29 is 28.9 Å². The first-order valence-corrected chi connectivity index (χ1v) is 12.7. The number of thioether (sulfide) groups is 1. The van der Waals surface area contributed by atoms with Gasteiger partial charge in [0, 0.05) is 47.9 Å². The number of hydrogen-bond donors (Lipinski definition) is 3. The normalized spacial score (nSPS) is 12.9. The fraction of sp³-hybridized carbons (Fsp3) is 0.259. The highest BCUT2D eigenvalue weighted by Crippen LogP contribution is 2.37. The minimum absolute atomic E-state index is 0.125. The Morgan fingerprint density at radius 3 is 2.68 bits per heavy atom. The molecule has 11 heteroatoms. The molecular formula is C27H28N4O6S. The lowest BCUT2D eigenvalue weighted by Gasteiger charge is -2.19. The van der Waals surface area contributed by atoms with Crippen molar-refractivity contribution in [3.63, 3.8) is 0 Å². The highest BCUT2D eigenvalue weighted by Gasteiger charge is 2.20. The molecule has 1 aromatic heterocycles. The smallest absolute Gasteiger partial charge is 0.247 e. The quantitative estimate of drug-likeness (QED) is 0.345. The Morgan fingerprint density at radius 2 is 1.92 bits per heavy atom. The van der Waals surface area contributed by atoms with E-state index in [0.717, 1.165) is 11.8 Å². The van der Waals surface area contributed by atoms with Gasteiger partial charge >= 0.3 is 0 Å². The lowest BCUT2D eigenvalue weighted by Crippen LogP contribution is -2.25. The summed E-state index contributed by atoms with van der Waals surface area (Å²) in [6.45, 7) is 4.15. The number of benzene rings is 2. The van der Waals surface area contributed by atoms with Crippen LogP contribution >= 0.6 is 11.8 Å². The van der Waals surface area contributed by atoms with Crippen molar-refractivity contribution in [3.05, 3.63) is 76.1 Å². The van der Waals surface area contributed by atoms with Crippen molar-refractivity contribution >= 4 is 28.6 Å². The highest BCUT2D eigenvalue weighted by atomic mass is 32.2.